The fourth-order valence-electron chi connectivity index (χ4n) is 3.11. The highest BCUT2D eigenvalue weighted by molar-refractivity contribution is 8.09. The van der Waals surface area contributed by atoms with Gasteiger partial charge >= 0.3 is 0 Å². The molecule has 0 spiro atoms. The van der Waals surface area contributed by atoms with Gasteiger partial charge in [-0.15, -0.1) is 0 Å². The van der Waals surface area contributed by atoms with Crippen LogP contribution in [0, 0.1) is 0 Å². The highest BCUT2D eigenvalue weighted by atomic mass is 32.2. The van der Waals surface area contributed by atoms with Crippen molar-refractivity contribution in [3.05, 3.63) is 83.9 Å². The Labute approximate surface area is 187 Å². The molecule has 2 atom stereocenters. The first-order valence-electron chi connectivity index (χ1n) is 9.59. The lowest BCUT2D eigenvalue weighted by Crippen LogP contribution is -2.24. The van der Waals surface area contributed by atoms with E-state index in [9.17, 15) is 0 Å². The average Bonchev–Trinajstić information content (AvgIpc) is 2.75. The molecule has 28 heavy (non-hydrogen) atoms. The van der Waals surface area contributed by atoms with Crippen LogP contribution in [0.15, 0.2) is 61.7 Å². The topological polar surface area (TPSA) is 0 Å². The fourth-order valence-corrected chi connectivity index (χ4v) is 9.16. The van der Waals surface area contributed by atoms with E-state index in [0.29, 0.717) is 0 Å². The molecule has 0 amide bonds. The van der Waals surface area contributed by atoms with Crippen molar-refractivity contribution in [2.45, 2.75) is 22.0 Å². The summed E-state index contributed by atoms with van der Waals surface area (Å²) in [6.45, 7) is 7.86. The van der Waals surface area contributed by atoms with Crippen LogP contribution in [-0.4, -0.2) is 33.5 Å². The third-order valence-corrected chi connectivity index (χ3v) is 10.7. The molecule has 1 heterocycles. The Bertz CT molecular complexity index is 697. The van der Waals surface area contributed by atoms with Crippen molar-refractivity contribution in [2.75, 3.05) is 23.0 Å². The molecule has 2 aromatic carbocycles. The van der Waals surface area contributed by atoms with Crippen molar-refractivity contribution in [3.63, 3.8) is 0 Å². The first-order valence-corrected chi connectivity index (χ1v) is 14.0. The minimum atomic E-state index is 0.786. The Balaban J connectivity index is 1.33. The second-order valence-corrected chi connectivity index (χ2v) is 11.5. The number of hydrogen-bond acceptors (Lipinski definition) is 4. The lowest BCUT2D eigenvalue weighted by Gasteiger charge is -2.27. The molecular weight excluding hydrogens is 417 g/mol. The minimum absolute atomic E-state index is 0.786. The quantitative estimate of drug-likeness (QED) is 0.375. The maximum Gasteiger partial charge on any atom is 0.0229 e. The van der Waals surface area contributed by atoms with E-state index in [1.54, 1.807) is 0 Å². The van der Waals surface area contributed by atoms with Crippen molar-refractivity contribution in [3.8, 4) is 0 Å². The van der Waals surface area contributed by atoms with Crippen LogP contribution in [0.25, 0.3) is 12.2 Å². The van der Waals surface area contributed by atoms with Crippen molar-refractivity contribution in [1.29, 1.82) is 0 Å². The summed E-state index contributed by atoms with van der Waals surface area (Å²) in [7, 11) is 0. The Morgan fingerprint density at radius 1 is 0.750 bits per heavy atom. The molecule has 2 aromatic rings. The number of thioether (sulfide) groups is 4. The van der Waals surface area contributed by atoms with Gasteiger partial charge in [-0.1, -0.05) is 73.8 Å². The monoisotopic (exact) mass is 444 g/mol. The summed E-state index contributed by atoms with van der Waals surface area (Å²) in [4.78, 5) is 0. The predicted octanol–water partition coefficient (Wildman–Crippen LogP) is 7.36. The molecule has 0 bridgehead atoms. The number of rotatable bonds is 10. The van der Waals surface area contributed by atoms with Gasteiger partial charge in [-0.25, -0.2) is 0 Å². The molecule has 0 N–H and O–H groups in total. The maximum absolute atomic E-state index is 3.93. The average molecular weight is 445 g/mol. The van der Waals surface area contributed by atoms with Gasteiger partial charge in [0.25, 0.3) is 0 Å². The summed E-state index contributed by atoms with van der Waals surface area (Å²) < 4.78 is 0. The van der Waals surface area contributed by atoms with Gasteiger partial charge in [-0.3, -0.25) is 0 Å². The van der Waals surface area contributed by atoms with Gasteiger partial charge in [0.2, 0.25) is 0 Å². The van der Waals surface area contributed by atoms with Crippen molar-refractivity contribution < 1.29 is 0 Å². The molecule has 3 rings (SSSR count). The summed E-state index contributed by atoms with van der Waals surface area (Å²) in [5.41, 5.74) is 5.36. The van der Waals surface area contributed by atoms with E-state index in [4.69, 9.17) is 0 Å². The highest BCUT2D eigenvalue weighted by Crippen LogP contribution is 2.34. The Morgan fingerprint density at radius 3 is 1.57 bits per heavy atom. The maximum atomic E-state index is 3.93. The van der Waals surface area contributed by atoms with Crippen molar-refractivity contribution in [2.24, 2.45) is 0 Å². The molecule has 0 aromatic heterocycles. The predicted molar refractivity (Wildman–Crippen MR) is 138 cm³/mol. The first kappa shape index (κ1) is 22.0. The van der Waals surface area contributed by atoms with Crippen LogP contribution in [-0.2, 0) is 11.5 Å². The summed E-state index contributed by atoms with van der Waals surface area (Å²) in [6, 6.07) is 17.2. The van der Waals surface area contributed by atoms with E-state index in [-0.39, 0.29) is 0 Å². The summed E-state index contributed by atoms with van der Waals surface area (Å²) >= 11 is 8.49. The highest BCUT2D eigenvalue weighted by Gasteiger charge is 2.22. The molecule has 0 saturated carbocycles. The smallest absolute Gasteiger partial charge is 0.0229 e. The molecular formula is C24H28S4. The third-order valence-electron chi connectivity index (χ3n) is 4.71. The molecule has 2 unspecified atom stereocenters. The van der Waals surface area contributed by atoms with E-state index in [0.717, 1.165) is 22.0 Å². The van der Waals surface area contributed by atoms with Crippen LogP contribution < -0.4 is 0 Å². The van der Waals surface area contributed by atoms with Gasteiger partial charge in [0.05, 0.1) is 0 Å². The molecule has 4 heteroatoms. The van der Waals surface area contributed by atoms with E-state index in [2.05, 4.69) is 109 Å². The van der Waals surface area contributed by atoms with Crippen molar-refractivity contribution >= 4 is 59.2 Å². The van der Waals surface area contributed by atoms with E-state index >= 15 is 0 Å². The SMILES string of the molecule is C=Cc1ccccc1CSCC1CSC(CSCc2ccccc2C=C)CS1. The zero-order valence-corrected chi connectivity index (χ0v) is 19.5. The molecule has 1 saturated heterocycles. The van der Waals surface area contributed by atoms with Crippen LogP contribution in [0.4, 0.5) is 0 Å². The van der Waals surface area contributed by atoms with Gasteiger partial charge in [-0.05, 0) is 22.3 Å². The van der Waals surface area contributed by atoms with Gasteiger partial charge in [0.1, 0.15) is 0 Å². The zero-order chi connectivity index (χ0) is 19.6. The Morgan fingerprint density at radius 2 is 1.18 bits per heavy atom. The van der Waals surface area contributed by atoms with Crippen molar-refractivity contribution in [1.82, 2.24) is 0 Å². The zero-order valence-electron chi connectivity index (χ0n) is 16.2. The largest absolute Gasteiger partial charge is 0.156 e. The molecule has 148 valence electrons. The number of benzene rings is 2. The molecule has 1 fully saturated rings. The normalized spacial score (nSPS) is 19.3. The molecule has 1 aliphatic heterocycles. The fraction of sp³-hybridized carbons (Fsp3) is 0.333. The number of hydrogen-bond donors (Lipinski definition) is 0. The standard InChI is InChI=1S/C24H28S4/c1-3-19-9-5-7-11-21(19)13-25-15-23-17-28-24(18-27-23)16-26-14-22-12-8-6-10-20(22)4-2/h3-12,23-24H,1-2,13-18H2. The van der Waals surface area contributed by atoms with Crippen LogP contribution in [0.3, 0.4) is 0 Å². The van der Waals surface area contributed by atoms with Gasteiger partial charge < -0.3 is 0 Å². The van der Waals surface area contributed by atoms with Crippen LogP contribution in [0.5, 0.6) is 0 Å². The van der Waals surface area contributed by atoms with Gasteiger partial charge in [-0.2, -0.15) is 47.0 Å². The Kier molecular flexibility index (Phi) is 9.53. The lowest BCUT2D eigenvalue weighted by molar-refractivity contribution is 1.06. The van der Waals surface area contributed by atoms with Crippen LogP contribution in [0.2, 0.25) is 0 Å². The second kappa shape index (κ2) is 12.1. The van der Waals surface area contributed by atoms with E-state index < -0.39 is 0 Å². The van der Waals surface area contributed by atoms with E-state index in [1.807, 2.05) is 12.2 Å². The first-order chi connectivity index (χ1) is 13.8. The third kappa shape index (κ3) is 6.69. The molecule has 0 radical (unpaired) electrons. The van der Waals surface area contributed by atoms with E-state index in [1.165, 1.54) is 45.3 Å². The summed E-state index contributed by atoms with van der Waals surface area (Å²) in [5.74, 6) is 7.24. The molecule has 0 nitrogen and oxygen atoms in total. The van der Waals surface area contributed by atoms with Gasteiger partial charge in [0, 0.05) is 45.0 Å². The van der Waals surface area contributed by atoms with Gasteiger partial charge in [0.15, 0.2) is 0 Å². The molecule has 1 aliphatic rings. The van der Waals surface area contributed by atoms with Crippen LogP contribution in [0.1, 0.15) is 22.3 Å². The summed E-state index contributed by atoms with van der Waals surface area (Å²) in [6.07, 6.45) is 3.94. The Hall–Kier alpha value is -0.680. The minimum Gasteiger partial charge on any atom is -0.156 e. The second-order valence-electron chi connectivity index (χ2n) is 6.75. The van der Waals surface area contributed by atoms with Crippen LogP contribution >= 0.6 is 47.0 Å². The molecule has 0 aliphatic carbocycles. The lowest BCUT2D eigenvalue weighted by atomic mass is 10.1. The summed E-state index contributed by atoms with van der Waals surface area (Å²) in [5, 5.41) is 1.57.